The summed E-state index contributed by atoms with van der Waals surface area (Å²) in [6, 6.07) is 10.7. The molecule has 3 aromatic rings. The number of aromatic carboxylic acids is 1. The zero-order valence-electron chi connectivity index (χ0n) is 9.75. The van der Waals surface area contributed by atoms with Crippen molar-refractivity contribution in [3.05, 3.63) is 60.2 Å². The van der Waals surface area contributed by atoms with Gasteiger partial charge in [-0.1, -0.05) is 6.07 Å². The summed E-state index contributed by atoms with van der Waals surface area (Å²) in [4.78, 5) is 15.5. The number of pyridine rings is 1. The number of benzene rings is 1. The first-order chi connectivity index (χ1) is 9.16. The normalized spacial score (nSPS) is 10.8. The van der Waals surface area contributed by atoms with Crippen LogP contribution in [-0.4, -0.2) is 20.5 Å². The van der Waals surface area contributed by atoms with Crippen LogP contribution in [0.3, 0.4) is 0 Å². The monoisotopic (exact) mass is 256 g/mol. The Balaban J connectivity index is 2.30. The van der Waals surface area contributed by atoms with E-state index < -0.39 is 5.97 Å². The number of hydrogen-bond acceptors (Lipinski definition) is 2. The lowest BCUT2D eigenvalue weighted by molar-refractivity contribution is 0.0689. The lowest BCUT2D eigenvalue weighted by Gasteiger charge is -2.05. The van der Waals surface area contributed by atoms with Crippen LogP contribution in [-0.2, 0) is 0 Å². The Kier molecular flexibility index (Phi) is 2.52. The van der Waals surface area contributed by atoms with Crippen LogP contribution in [0.15, 0.2) is 48.7 Å². The molecule has 0 fully saturated rings. The molecule has 0 spiro atoms. The first-order valence-electron chi connectivity index (χ1n) is 5.62. The summed E-state index contributed by atoms with van der Waals surface area (Å²) in [5.41, 5.74) is 1.46. The minimum atomic E-state index is -1.04. The molecule has 0 atom stereocenters. The Bertz CT molecular complexity index is 763. The molecular weight excluding hydrogens is 247 g/mol. The van der Waals surface area contributed by atoms with E-state index in [1.165, 1.54) is 22.6 Å². The number of rotatable bonds is 2. The number of imidazole rings is 1. The van der Waals surface area contributed by atoms with Crippen molar-refractivity contribution in [1.82, 2.24) is 9.38 Å². The van der Waals surface area contributed by atoms with Gasteiger partial charge in [0.1, 0.15) is 17.3 Å². The molecule has 0 aliphatic carbocycles. The van der Waals surface area contributed by atoms with Crippen molar-refractivity contribution in [2.45, 2.75) is 0 Å². The second kappa shape index (κ2) is 4.20. The molecule has 19 heavy (non-hydrogen) atoms. The number of nitrogens with zero attached hydrogens (tertiary/aromatic N) is 2. The van der Waals surface area contributed by atoms with Gasteiger partial charge < -0.3 is 5.11 Å². The van der Waals surface area contributed by atoms with Crippen molar-refractivity contribution >= 4 is 11.5 Å². The molecule has 0 radical (unpaired) electrons. The molecule has 4 nitrogen and oxygen atoms in total. The van der Waals surface area contributed by atoms with Gasteiger partial charge >= 0.3 is 5.97 Å². The standard InChI is InChI=1S/C14H9FN2O2/c15-10-6-4-9(5-7-10)13-16-8-11-2-1-3-12(14(18)19)17(11)13/h1-8H,(H,18,19). The summed E-state index contributed by atoms with van der Waals surface area (Å²) in [7, 11) is 0. The molecule has 0 amide bonds. The zero-order valence-corrected chi connectivity index (χ0v) is 9.75. The van der Waals surface area contributed by atoms with Crippen molar-refractivity contribution in [2.75, 3.05) is 0 Å². The fraction of sp³-hybridized carbons (Fsp3) is 0. The molecule has 0 saturated heterocycles. The summed E-state index contributed by atoms with van der Waals surface area (Å²) < 4.78 is 14.5. The van der Waals surface area contributed by atoms with E-state index in [1.807, 2.05) is 0 Å². The Morgan fingerprint density at radius 3 is 2.58 bits per heavy atom. The maximum Gasteiger partial charge on any atom is 0.352 e. The van der Waals surface area contributed by atoms with E-state index in [9.17, 15) is 14.3 Å². The van der Waals surface area contributed by atoms with Crippen molar-refractivity contribution in [3.8, 4) is 11.4 Å². The summed E-state index contributed by atoms with van der Waals surface area (Å²) >= 11 is 0. The first-order valence-corrected chi connectivity index (χ1v) is 5.62. The lowest BCUT2D eigenvalue weighted by Crippen LogP contribution is -2.05. The highest BCUT2D eigenvalue weighted by Crippen LogP contribution is 2.21. The van der Waals surface area contributed by atoms with E-state index in [0.29, 0.717) is 16.9 Å². The summed E-state index contributed by atoms with van der Waals surface area (Å²) in [6.45, 7) is 0. The number of carbonyl (C=O) groups is 1. The van der Waals surface area contributed by atoms with Crippen LogP contribution in [0.4, 0.5) is 4.39 Å². The third kappa shape index (κ3) is 1.85. The maximum atomic E-state index is 12.9. The van der Waals surface area contributed by atoms with Crippen LogP contribution < -0.4 is 0 Å². The average molecular weight is 256 g/mol. The van der Waals surface area contributed by atoms with Gasteiger partial charge in [0.15, 0.2) is 0 Å². The molecule has 0 saturated carbocycles. The van der Waals surface area contributed by atoms with Crippen molar-refractivity contribution in [1.29, 1.82) is 0 Å². The minimum absolute atomic E-state index is 0.120. The van der Waals surface area contributed by atoms with Gasteiger partial charge in [-0.25, -0.2) is 14.2 Å². The van der Waals surface area contributed by atoms with Crippen LogP contribution >= 0.6 is 0 Å². The van der Waals surface area contributed by atoms with E-state index in [2.05, 4.69) is 4.98 Å². The molecule has 0 bridgehead atoms. The Morgan fingerprint density at radius 1 is 1.16 bits per heavy atom. The zero-order chi connectivity index (χ0) is 13.4. The second-order valence-corrected chi connectivity index (χ2v) is 4.07. The van der Waals surface area contributed by atoms with Crippen LogP contribution in [0.1, 0.15) is 10.5 Å². The van der Waals surface area contributed by atoms with Gasteiger partial charge in [-0.05, 0) is 36.4 Å². The molecule has 0 aliphatic rings. The molecular formula is C14H9FN2O2. The van der Waals surface area contributed by atoms with E-state index in [0.717, 1.165) is 0 Å². The van der Waals surface area contributed by atoms with Gasteiger partial charge in [0.2, 0.25) is 0 Å². The molecule has 2 aromatic heterocycles. The summed E-state index contributed by atoms with van der Waals surface area (Å²) in [5.74, 6) is -0.900. The predicted octanol–water partition coefficient (Wildman–Crippen LogP) is 2.84. The Hall–Kier alpha value is -2.69. The number of carboxylic acids is 1. The van der Waals surface area contributed by atoms with Crippen LogP contribution in [0.25, 0.3) is 16.9 Å². The summed E-state index contributed by atoms with van der Waals surface area (Å²) in [5, 5.41) is 9.21. The quantitative estimate of drug-likeness (QED) is 0.767. The number of halogens is 1. The lowest BCUT2D eigenvalue weighted by atomic mass is 10.2. The average Bonchev–Trinajstić information content (AvgIpc) is 2.83. The number of hydrogen-bond donors (Lipinski definition) is 1. The topological polar surface area (TPSA) is 54.6 Å². The van der Waals surface area contributed by atoms with Gasteiger partial charge in [-0.15, -0.1) is 0 Å². The maximum absolute atomic E-state index is 12.9. The van der Waals surface area contributed by atoms with E-state index in [1.54, 1.807) is 30.5 Å². The molecule has 94 valence electrons. The van der Waals surface area contributed by atoms with Gasteiger partial charge in [0, 0.05) is 5.56 Å². The van der Waals surface area contributed by atoms with Crippen molar-refractivity contribution < 1.29 is 14.3 Å². The van der Waals surface area contributed by atoms with Gasteiger partial charge in [0.25, 0.3) is 0 Å². The highest BCUT2D eigenvalue weighted by Gasteiger charge is 2.13. The Morgan fingerprint density at radius 2 is 1.89 bits per heavy atom. The number of carboxylic acid groups (broad SMARTS) is 1. The molecule has 3 rings (SSSR count). The fourth-order valence-corrected chi connectivity index (χ4v) is 2.02. The first kappa shape index (κ1) is 11.4. The third-order valence-electron chi connectivity index (χ3n) is 2.87. The highest BCUT2D eigenvalue weighted by atomic mass is 19.1. The molecule has 0 unspecified atom stereocenters. The van der Waals surface area contributed by atoms with Crippen molar-refractivity contribution in [3.63, 3.8) is 0 Å². The third-order valence-corrected chi connectivity index (χ3v) is 2.87. The fourth-order valence-electron chi connectivity index (χ4n) is 2.02. The number of fused-ring (bicyclic) bond motifs is 1. The largest absolute Gasteiger partial charge is 0.477 e. The molecule has 1 N–H and O–H groups in total. The van der Waals surface area contributed by atoms with E-state index in [4.69, 9.17) is 0 Å². The molecule has 1 aromatic carbocycles. The van der Waals surface area contributed by atoms with Crippen LogP contribution in [0, 0.1) is 5.82 Å². The highest BCUT2D eigenvalue weighted by molar-refractivity contribution is 5.87. The van der Waals surface area contributed by atoms with Crippen LogP contribution in [0.2, 0.25) is 0 Å². The number of aromatic nitrogens is 2. The molecule has 2 heterocycles. The van der Waals surface area contributed by atoms with Crippen LogP contribution in [0.5, 0.6) is 0 Å². The minimum Gasteiger partial charge on any atom is -0.477 e. The molecule has 0 aliphatic heterocycles. The second-order valence-electron chi connectivity index (χ2n) is 4.07. The van der Waals surface area contributed by atoms with Gasteiger partial charge in [-0.2, -0.15) is 0 Å². The predicted molar refractivity (Wildman–Crippen MR) is 67.5 cm³/mol. The SMILES string of the molecule is O=C(O)c1cccc2cnc(-c3ccc(F)cc3)n12. The van der Waals surface area contributed by atoms with Gasteiger partial charge in [-0.3, -0.25) is 4.40 Å². The summed E-state index contributed by atoms with van der Waals surface area (Å²) in [6.07, 6.45) is 1.59. The smallest absolute Gasteiger partial charge is 0.352 e. The van der Waals surface area contributed by atoms with E-state index >= 15 is 0 Å². The van der Waals surface area contributed by atoms with Crippen molar-refractivity contribution in [2.24, 2.45) is 0 Å². The van der Waals surface area contributed by atoms with E-state index in [-0.39, 0.29) is 11.5 Å². The van der Waals surface area contributed by atoms with Gasteiger partial charge in [0.05, 0.1) is 11.7 Å². The molecule has 5 heteroatoms. The Labute approximate surface area is 107 Å².